The standard InChI is InChI=1S/C42H78O12S/c1-3-5-7-9-11-13-15-16-17-18-19-20-22-24-26-28-30-32-50-34-36(52-38(44)31-29-27-25-23-21-14-12-10-8-6-4-2)35-51-42-40(46)41(54-55(47,48)49)39(45)37(33-43)53-42/h10,12,17-18,36-37,39-43,45-46H,3-9,11,13-16,19-35H2,1-2H3,(H,47,48,49)/b12-10-,18-17-. The summed E-state index contributed by atoms with van der Waals surface area (Å²) in [4.78, 5) is 12.8. The van der Waals surface area contributed by atoms with Crippen LogP contribution in [0.25, 0.3) is 0 Å². The van der Waals surface area contributed by atoms with E-state index in [0.29, 0.717) is 13.0 Å². The quantitative estimate of drug-likeness (QED) is 0.0204. The lowest BCUT2D eigenvalue weighted by molar-refractivity contribution is -0.301. The van der Waals surface area contributed by atoms with E-state index < -0.39 is 59.8 Å². The van der Waals surface area contributed by atoms with Gasteiger partial charge in [-0.15, -0.1) is 0 Å². The number of ether oxygens (including phenoxy) is 4. The molecule has 324 valence electrons. The maximum Gasteiger partial charge on any atom is 0.397 e. The first-order valence-electron chi connectivity index (χ1n) is 21.6. The fraction of sp³-hybridized carbons (Fsp3) is 0.881. The van der Waals surface area contributed by atoms with Crippen molar-refractivity contribution < 1.29 is 56.2 Å². The lowest BCUT2D eigenvalue weighted by Gasteiger charge is -2.41. The number of unbranched alkanes of at least 4 members (excludes halogenated alkanes) is 20. The highest BCUT2D eigenvalue weighted by atomic mass is 32.3. The second kappa shape index (κ2) is 34.6. The molecule has 1 heterocycles. The van der Waals surface area contributed by atoms with Crippen LogP contribution in [0.1, 0.15) is 174 Å². The monoisotopic (exact) mass is 807 g/mol. The molecule has 1 fully saturated rings. The number of esters is 1. The van der Waals surface area contributed by atoms with Crippen LogP contribution in [-0.4, -0.2) is 97.5 Å². The van der Waals surface area contributed by atoms with Gasteiger partial charge in [-0.25, -0.2) is 4.18 Å². The van der Waals surface area contributed by atoms with Crippen molar-refractivity contribution in [3.8, 4) is 0 Å². The molecule has 6 unspecified atom stereocenters. The maximum absolute atomic E-state index is 12.8. The van der Waals surface area contributed by atoms with Gasteiger partial charge < -0.3 is 34.3 Å². The summed E-state index contributed by atoms with van der Waals surface area (Å²) in [6, 6.07) is 0. The number of hydrogen-bond donors (Lipinski definition) is 4. The van der Waals surface area contributed by atoms with Crippen LogP contribution in [0.15, 0.2) is 24.3 Å². The summed E-state index contributed by atoms with van der Waals surface area (Å²) in [6.07, 6.45) is 27.9. The number of allylic oxidation sites excluding steroid dienone is 4. The molecule has 0 amide bonds. The minimum atomic E-state index is -5.06. The summed E-state index contributed by atoms with van der Waals surface area (Å²) in [5.41, 5.74) is 0. The van der Waals surface area contributed by atoms with Gasteiger partial charge in [-0.2, -0.15) is 8.42 Å². The molecule has 1 saturated heterocycles. The fourth-order valence-corrected chi connectivity index (χ4v) is 6.98. The van der Waals surface area contributed by atoms with E-state index in [0.717, 1.165) is 64.2 Å². The Hall–Kier alpha value is -1.42. The molecular formula is C42H78O12S. The van der Waals surface area contributed by atoms with Gasteiger partial charge in [0.2, 0.25) is 0 Å². The summed E-state index contributed by atoms with van der Waals surface area (Å²) >= 11 is 0. The molecule has 6 atom stereocenters. The van der Waals surface area contributed by atoms with E-state index in [2.05, 4.69) is 42.3 Å². The molecule has 1 aliphatic rings. The Kier molecular flexibility index (Phi) is 32.5. The normalized spacial score (nSPS) is 21.2. The van der Waals surface area contributed by atoms with Gasteiger partial charge in [0.15, 0.2) is 6.29 Å². The molecule has 0 aromatic rings. The third kappa shape index (κ3) is 28.6. The molecule has 0 bridgehead atoms. The second-order valence-electron chi connectivity index (χ2n) is 14.9. The van der Waals surface area contributed by atoms with Gasteiger partial charge in [0.05, 0.1) is 19.8 Å². The zero-order valence-electron chi connectivity index (χ0n) is 34.2. The molecule has 12 nitrogen and oxygen atoms in total. The number of aliphatic hydroxyl groups excluding tert-OH is 3. The van der Waals surface area contributed by atoms with E-state index in [9.17, 15) is 28.5 Å². The minimum Gasteiger partial charge on any atom is -0.457 e. The van der Waals surface area contributed by atoms with Crippen LogP contribution in [-0.2, 0) is 38.3 Å². The van der Waals surface area contributed by atoms with Gasteiger partial charge in [0.1, 0.15) is 30.5 Å². The Balaban J connectivity index is 2.44. The third-order valence-electron chi connectivity index (χ3n) is 9.80. The third-order valence-corrected chi connectivity index (χ3v) is 10.3. The molecular weight excluding hydrogens is 729 g/mol. The van der Waals surface area contributed by atoms with Crippen molar-refractivity contribution in [2.75, 3.05) is 26.4 Å². The lowest BCUT2D eigenvalue weighted by Crippen LogP contribution is -2.60. The molecule has 0 aliphatic carbocycles. The molecule has 0 spiro atoms. The zero-order valence-corrected chi connectivity index (χ0v) is 35.1. The number of carbonyl (C=O) groups excluding carboxylic acids is 1. The van der Waals surface area contributed by atoms with Crippen molar-refractivity contribution in [2.45, 2.75) is 211 Å². The molecule has 4 N–H and O–H groups in total. The summed E-state index contributed by atoms with van der Waals surface area (Å²) < 4.78 is 58.9. The maximum atomic E-state index is 12.8. The van der Waals surface area contributed by atoms with Gasteiger partial charge >= 0.3 is 16.4 Å². The molecule has 0 aromatic carbocycles. The Morgan fingerprint density at radius 1 is 0.673 bits per heavy atom. The first-order chi connectivity index (χ1) is 26.6. The van der Waals surface area contributed by atoms with Gasteiger partial charge in [0, 0.05) is 13.0 Å². The highest BCUT2D eigenvalue weighted by Crippen LogP contribution is 2.26. The average Bonchev–Trinajstić information content (AvgIpc) is 3.15. The van der Waals surface area contributed by atoms with Crippen LogP contribution in [0.3, 0.4) is 0 Å². The second-order valence-corrected chi connectivity index (χ2v) is 16.0. The first kappa shape index (κ1) is 51.6. The van der Waals surface area contributed by atoms with E-state index in [1.165, 1.54) is 83.5 Å². The number of carbonyl (C=O) groups is 1. The lowest BCUT2D eigenvalue weighted by atomic mass is 9.99. The first-order valence-corrected chi connectivity index (χ1v) is 23.0. The van der Waals surface area contributed by atoms with Crippen LogP contribution < -0.4 is 0 Å². The van der Waals surface area contributed by atoms with Crippen molar-refractivity contribution in [3.63, 3.8) is 0 Å². The van der Waals surface area contributed by atoms with E-state index >= 15 is 0 Å². The number of rotatable bonds is 37. The van der Waals surface area contributed by atoms with Crippen molar-refractivity contribution in [2.24, 2.45) is 0 Å². The van der Waals surface area contributed by atoms with E-state index in [4.69, 9.17) is 23.5 Å². The van der Waals surface area contributed by atoms with Crippen LogP contribution in [0.2, 0.25) is 0 Å². The molecule has 0 aromatic heterocycles. The molecule has 0 saturated carbocycles. The highest BCUT2D eigenvalue weighted by Gasteiger charge is 2.48. The van der Waals surface area contributed by atoms with E-state index in [-0.39, 0.29) is 19.6 Å². The molecule has 13 heteroatoms. The SMILES string of the molecule is CCCC/C=C\CCCCCCCC(=O)OC(COCCCCCCCC/C=C\CCCCCCCCC)COC1OC(CO)C(O)C(OS(=O)(=O)O)C1O. The Bertz CT molecular complexity index is 1070. The minimum absolute atomic E-state index is 0.0303. The van der Waals surface area contributed by atoms with Gasteiger partial charge in [-0.05, 0) is 57.8 Å². The predicted molar refractivity (Wildman–Crippen MR) is 216 cm³/mol. The van der Waals surface area contributed by atoms with Crippen molar-refractivity contribution in [1.82, 2.24) is 0 Å². The van der Waals surface area contributed by atoms with Crippen LogP contribution in [0.5, 0.6) is 0 Å². The van der Waals surface area contributed by atoms with E-state index in [1.807, 2.05) is 0 Å². The summed E-state index contributed by atoms with van der Waals surface area (Å²) in [5, 5.41) is 30.6. The van der Waals surface area contributed by atoms with E-state index in [1.54, 1.807) is 0 Å². The largest absolute Gasteiger partial charge is 0.457 e. The van der Waals surface area contributed by atoms with Crippen LogP contribution >= 0.6 is 0 Å². The smallest absolute Gasteiger partial charge is 0.397 e. The Labute approximate surface area is 333 Å². The average molecular weight is 807 g/mol. The highest BCUT2D eigenvalue weighted by molar-refractivity contribution is 7.80. The van der Waals surface area contributed by atoms with Gasteiger partial charge in [0.25, 0.3) is 0 Å². The molecule has 1 aliphatic heterocycles. The summed E-state index contributed by atoms with van der Waals surface area (Å²) in [7, 11) is -5.06. The molecule has 0 radical (unpaired) electrons. The Morgan fingerprint density at radius 3 is 1.69 bits per heavy atom. The number of aliphatic hydroxyl groups is 3. The van der Waals surface area contributed by atoms with Crippen LogP contribution in [0, 0.1) is 0 Å². The van der Waals surface area contributed by atoms with Crippen molar-refractivity contribution in [3.05, 3.63) is 24.3 Å². The topological polar surface area (TPSA) is 178 Å². The fourth-order valence-electron chi connectivity index (χ4n) is 6.47. The number of hydrogen-bond acceptors (Lipinski definition) is 11. The molecule has 55 heavy (non-hydrogen) atoms. The van der Waals surface area contributed by atoms with Gasteiger partial charge in [-0.3, -0.25) is 9.35 Å². The van der Waals surface area contributed by atoms with Crippen LogP contribution in [0.4, 0.5) is 0 Å². The van der Waals surface area contributed by atoms with Crippen molar-refractivity contribution >= 4 is 16.4 Å². The molecule has 1 rings (SSSR count). The predicted octanol–water partition coefficient (Wildman–Crippen LogP) is 8.46. The van der Waals surface area contributed by atoms with Crippen molar-refractivity contribution in [1.29, 1.82) is 0 Å². The van der Waals surface area contributed by atoms with Gasteiger partial charge in [-0.1, -0.05) is 134 Å². The zero-order chi connectivity index (χ0) is 40.4. The summed E-state index contributed by atoms with van der Waals surface area (Å²) in [5.74, 6) is -0.412. The summed E-state index contributed by atoms with van der Waals surface area (Å²) in [6.45, 7) is 3.92. The Morgan fingerprint density at radius 2 is 1.16 bits per heavy atom.